The Kier molecular flexibility index (Phi) is 3.72. The van der Waals surface area contributed by atoms with Gasteiger partial charge in [0, 0.05) is 17.3 Å². The van der Waals surface area contributed by atoms with Gasteiger partial charge in [-0.05, 0) is 13.3 Å². The largest absolute Gasteiger partial charge is 0.515 e. The van der Waals surface area contributed by atoms with Gasteiger partial charge in [0.25, 0.3) is 0 Å². The molecule has 4 N–H and O–H groups in total. The van der Waals surface area contributed by atoms with E-state index >= 15 is 0 Å². The van der Waals surface area contributed by atoms with Crippen molar-refractivity contribution in [3.05, 3.63) is 11.8 Å². The maximum Gasteiger partial charge on any atom is 0.0857 e. The highest BCUT2D eigenvalue weighted by Gasteiger charge is 2.08. The molecule has 0 aliphatic heterocycles. The van der Waals surface area contributed by atoms with Crippen LogP contribution in [0.4, 0.5) is 0 Å². The molecule has 0 aliphatic rings. The van der Waals surface area contributed by atoms with Crippen LogP contribution in [0.5, 0.6) is 0 Å². The first-order valence-electron chi connectivity index (χ1n) is 3.28. The first-order chi connectivity index (χ1) is 4.63. The molecule has 0 radical (unpaired) electrons. The third-order valence-electron chi connectivity index (χ3n) is 1.41. The molecule has 0 heterocycles. The fourth-order valence-corrected chi connectivity index (χ4v) is 0.691. The molecule has 0 aliphatic carbocycles. The van der Waals surface area contributed by atoms with E-state index in [1.165, 1.54) is 0 Å². The summed E-state index contributed by atoms with van der Waals surface area (Å²) in [6, 6.07) is -0.206. The Morgan fingerprint density at radius 1 is 1.80 bits per heavy atom. The predicted octanol–water partition coefficient (Wildman–Crippen LogP) is 1.21. The molecule has 0 amide bonds. The lowest BCUT2D eigenvalue weighted by molar-refractivity contribution is 0.464. The van der Waals surface area contributed by atoms with Gasteiger partial charge in [-0.1, -0.05) is 6.92 Å². The number of hydrogen-bond donors (Lipinski definition) is 3. The number of aliphatic hydroxyl groups excluding tert-OH is 1. The monoisotopic (exact) mass is 142 g/mol. The summed E-state index contributed by atoms with van der Waals surface area (Å²) in [5.74, 6) is 0. The normalized spacial score (nSPS) is 14.9. The van der Waals surface area contributed by atoms with Gasteiger partial charge in [-0.25, -0.2) is 0 Å². The zero-order chi connectivity index (χ0) is 8.15. The smallest absolute Gasteiger partial charge is 0.0857 e. The fourth-order valence-electron chi connectivity index (χ4n) is 0.691. The van der Waals surface area contributed by atoms with Crippen molar-refractivity contribution in [3.8, 4) is 0 Å². The molecule has 0 saturated heterocycles. The minimum absolute atomic E-state index is 0.206. The summed E-state index contributed by atoms with van der Waals surface area (Å²) in [6.45, 7) is 3.52. The molecule has 0 bridgehead atoms. The second-order valence-electron chi connectivity index (χ2n) is 2.22. The van der Waals surface area contributed by atoms with Crippen molar-refractivity contribution in [1.29, 1.82) is 5.41 Å². The first kappa shape index (κ1) is 9.17. The van der Waals surface area contributed by atoms with Gasteiger partial charge in [0.05, 0.1) is 6.26 Å². The van der Waals surface area contributed by atoms with Crippen molar-refractivity contribution in [3.63, 3.8) is 0 Å². The Labute approximate surface area is 61.1 Å². The van der Waals surface area contributed by atoms with Crippen molar-refractivity contribution < 1.29 is 5.11 Å². The summed E-state index contributed by atoms with van der Waals surface area (Å²) in [6.07, 6.45) is 1.65. The second-order valence-corrected chi connectivity index (χ2v) is 2.22. The Hall–Kier alpha value is -0.830. The van der Waals surface area contributed by atoms with Crippen molar-refractivity contribution in [2.75, 3.05) is 0 Å². The fraction of sp³-hybridized carbons (Fsp3) is 0.571. The van der Waals surface area contributed by atoms with Gasteiger partial charge in [0.2, 0.25) is 0 Å². The van der Waals surface area contributed by atoms with Crippen molar-refractivity contribution in [2.45, 2.75) is 26.3 Å². The molecule has 0 spiro atoms. The molecule has 0 unspecified atom stereocenters. The minimum Gasteiger partial charge on any atom is -0.515 e. The van der Waals surface area contributed by atoms with Crippen LogP contribution in [0.2, 0.25) is 0 Å². The molecule has 0 saturated carbocycles. The first-order valence-corrected chi connectivity index (χ1v) is 3.28. The van der Waals surface area contributed by atoms with Crippen LogP contribution in [0.15, 0.2) is 11.8 Å². The van der Waals surface area contributed by atoms with Gasteiger partial charge in [0.15, 0.2) is 0 Å². The SMILES string of the molecule is CC[C@H](N)/C(=C/O)C(C)=N. The third-order valence-corrected chi connectivity index (χ3v) is 1.41. The lowest BCUT2D eigenvalue weighted by Crippen LogP contribution is -2.25. The predicted molar refractivity (Wildman–Crippen MR) is 42.4 cm³/mol. The van der Waals surface area contributed by atoms with Crippen LogP contribution < -0.4 is 5.73 Å². The summed E-state index contributed by atoms with van der Waals surface area (Å²) in [4.78, 5) is 0. The highest BCUT2D eigenvalue weighted by Crippen LogP contribution is 2.03. The van der Waals surface area contributed by atoms with Gasteiger partial charge in [-0.3, -0.25) is 0 Å². The standard InChI is InChI=1S/C7H14N2O/c1-3-7(9)6(4-10)5(2)8/h4,7-8,10H,3,9H2,1-2H3/b6-4+,8-5?/t7-/m0/s1. The van der Waals surface area contributed by atoms with E-state index in [-0.39, 0.29) is 6.04 Å². The van der Waals surface area contributed by atoms with E-state index < -0.39 is 0 Å². The van der Waals surface area contributed by atoms with Gasteiger partial charge in [-0.2, -0.15) is 0 Å². The molecule has 10 heavy (non-hydrogen) atoms. The van der Waals surface area contributed by atoms with Crippen LogP contribution in [0.3, 0.4) is 0 Å². The van der Waals surface area contributed by atoms with Crippen LogP contribution in [0, 0.1) is 5.41 Å². The van der Waals surface area contributed by atoms with Crippen LogP contribution in [-0.2, 0) is 0 Å². The van der Waals surface area contributed by atoms with E-state index in [0.29, 0.717) is 11.3 Å². The highest BCUT2D eigenvalue weighted by molar-refractivity contribution is 5.96. The molecule has 0 rings (SSSR count). The van der Waals surface area contributed by atoms with Crippen LogP contribution >= 0.6 is 0 Å². The number of hydrogen-bond acceptors (Lipinski definition) is 3. The number of rotatable bonds is 3. The van der Waals surface area contributed by atoms with E-state index in [0.717, 1.165) is 12.7 Å². The molecule has 1 atom stereocenters. The molecule has 0 fully saturated rings. The quantitative estimate of drug-likeness (QED) is 0.409. The second kappa shape index (κ2) is 4.06. The maximum absolute atomic E-state index is 8.62. The van der Waals surface area contributed by atoms with Crippen molar-refractivity contribution in [1.82, 2.24) is 0 Å². The average Bonchev–Trinajstić information content (AvgIpc) is 1.88. The zero-order valence-electron chi connectivity index (χ0n) is 6.39. The Morgan fingerprint density at radius 3 is 2.40 bits per heavy atom. The highest BCUT2D eigenvalue weighted by atomic mass is 16.2. The Morgan fingerprint density at radius 2 is 2.30 bits per heavy atom. The lowest BCUT2D eigenvalue weighted by Gasteiger charge is -2.10. The lowest BCUT2D eigenvalue weighted by atomic mass is 10.0. The molecule has 0 aromatic heterocycles. The number of aliphatic hydroxyl groups is 1. The van der Waals surface area contributed by atoms with Gasteiger partial charge >= 0.3 is 0 Å². The zero-order valence-corrected chi connectivity index (χ0v) is 6.39. The van der Waals surface area contributed by atoms with Crippen LogP contribution in [-0.4, -0.2) is 16.9 Å². The molecule has 0 aromatic carbocycles. The Balaban J connectivity index is 4.23. The van der Waals surface area contributed by atoms with Gasteiger partial charge in [-0.15, -0.1) is 0 Å². The topological polar surface area (TPSA) is 70.1 Å². The summed E-state index contributed by atoms with van der Waals surface area (Å²) in [5.41, 5.74) is 6.41. The van der Waals surface area contributed by atoms with E-state index in [9.17, 15) is 0 Å². The summed E-state index contributed by atoms with van der Waals surface area (Å²) in [5, 5.41) is 15.8. The van der Waals surface area contributed by atoms with Gasteiger partial charge in [0.1, 0.15) is 0 Å². The minimum atomic E-state index is -0.206. The molecule has 58 valence electrons. The van der Waals surface area contributed by atoms with Gasteiger partial charge < -0.3 is 16.2 Å². The average molecular weight is 142 g/mol. The van der Waals surface area contributed by atoms with Crippen LogP contribution in [0.1, 0.15) is 20.3 Å². The third kappa shape index (κ3) is 2.19. The summed E-state index contributed by atoms with van der Waals surface area (Å²) >= 11 is 0. The molecular weight excluding hydrogens is 128 g/mol. The van der Waals surface area contributed by atoms with E-state index in [1.54, 1.807) is 6.92 Å². The molecule has 0 aromatic rings. The maximum atomic E-state index is 8.62. The number of nitrogens with two attached hydrogens (primary N) is 1. The molecule has 3 heteroatoms. The van der Waals surface area contributed by atoms with Crippen molar-refractivity contribution >= 4 is 5.71 Å². The van der Waals surface area contributed by atoms with E-state index in [2.05, 4.69) is 0 Å². The van der Waals surface area contributed by atoms with E-state index in [1.807, 2.05) is 6.92 Å². The van der Waals surface area contributed by atoms with Crippen LogP contribution in [0.25, 0.3) is 0 Å². The van der Waals surface area contributed by atoms with Crippen molar-refractivity contribution in [2.24, 2.45) is 5.73 Å². The molecular formula is C7H14N2O. The number of nitrogens with one attached hydrogen (secondary N) is 1. The molecule has 3 nitrogen and oxygen atoms in total. The van der Waals surface area contributed by atoms with E-state index in [4.69, 9.17) is 16.2 Å². The Bertz CT molecular complexity index is 152. The summed E-state index contributed by atoms with van der Waals surface area (Å²) < 4.78 is 0. The summed E-state index contributed by atoms with van der Waals surface area (Å²) in [7, 11) is 0.